The van der Waals surface area contributed by atoms with E-state index >= 15 is 0 Å². The summed E-state index contributed by atoms with van der Waals surface area (Å²) in [7, 11) is 0. The summed E-state index contributed by atoms with van der Waals surface area (Å²) in [6, 6.07) is 6.01. The van der Waals surface area contributed by atoms with E-state index < -0.39 is 23.2 Å². The van der Waals surface area contributed by atoms with E-state index in [1.165, 1.54) is 24.3 Å². The van der Waals surface area contributed by atoms with Gasteiger partial charge in [0.1, 0.15) is 11.6 Å². The van der Waals surface area contributed by atoms with E-state index in [0.717, 1.165) is 6.07 Å². The fraction of sp³-hybridized carbons (Fsp3) is 0.333. The van der Waals surface area contributed by atoms with Gasteiger partial charge in [0.05, 0.1) is 0 Å². The Bertz CT molecular complexity index is 675. The predicted molar refractivity (Wildman–Crippen MR) is 80.1 cm³/mol. The smallest absolute Gasteiger partial charge is 0.350 e. The van der Waals surface area contributed by atoms with Crippen LogP contribution < -0.4 is 10.6 Å². The van der Waals surface area contributed by atoms with Gasteiger partial charge in [-0.05, 0) is 45.0 Å². The number of rotatable bonds is 3. The van der Waals surface area contributed by atoms with Crippen molar-refractivity contribution in [1.29, 1.82) is 0 Å². The Kier molecular flexibility index (Phi) is 4.44. The molecule has 2 N–H and O–H groups in total. The zero-order valence-corrected chi connectivity index (χ0v) is 12.8. The summed E-state index contributed by atoms with van der Waals surface area (Å²) in [5, 5.41) is 5.52. The molecule has 1 aromatic carbocycles. The van der Waals surface area contributed by atoms with E-state index in [1.807, 2.05) is 0 Å². The van der Waals surface area contributed by atoms with Gasteiger partial charge in [-0.15, -0.1) is 0 Å². The van der Waals surface area contributed by atoms with Gasteiger partial charge < -0.3 is 10.6 Å². The highest BCUT2D eigenvalue weighted by molar-refractivity contribution is 5.57. The van der Waals surface area contributed by atoms with Crippen LogP contribution in [0.5, 0.6) is 0 Å². The minimum absolute atomic E-state index is 0.0364. The molecule has 0 aliphatic rings. The molecule has 0 spiro atoms. The lowest BCUT2D eigenvalue weighted by Crippen LogP contribution is -2.28. The van der Waals surface area contributed by atoms with Crippen molar-refractivity contribution >= 4 is 17.5 Å². The topological polar surface area (TPSA) is 49.8 Å². The average molecular weight is 328 g/mol. The van der Waals surface area contributed by atoms with E-state index in [9.17, 15) is 17.6 Å². The average Bonchev–Trinajstić information content (AvgIpc) is 2.38. The van der Waals surface area contributed by atoms with Crippen LogP contribution in [-0.2, 0) is 6.18 Å². The maximum atomic E-state index is 13.0. The Hall–Kier alpha value is -2.38. The summed E-state index contributed by atoms with van der Waals surface area (Å²) in [4.78, 5) is 7.52. The van der Waals surface area contributed by atoms with Gasteiger partial charge in [0.2, 0.25) is 5.95 Å². The SMILES string of the molecule is CC(C)(C)Nc1nc(Nc2ccc(F)cc2)cc(C(F)(F)F)n1. The maximum Gasteiger partial charge on any atom is 0.433 e. The molecule has 124 valence electrons. The third kappa shape index (κ3) is 5.08. The van der Waals surface area contributed by atoms with Gasteiger partial charge in [0.25, 0.3) is 0 Å². The minimum atomic E-state index is -4.60. The highest BCUT2D eigenvalue weighted by Gasteiger charge is 2.34. The van der Waals surface area contributed by atoms with E-state index in [1.54, 1.807) is 20.8 Å². The first-order valence-corrected chi connectivity index (χ1v) is 6.80. The lowest BCUT2D eigenvalue weighted by molar-refractivity contribution is -0.141. The van der Waals surface area contributed by atoms with Gasteiger partial charge in [0.15, 0.2) is 5.69 Å². The number of hydrogen-bond donors (Lipinski definition) is 2. The Labute approximate surface area is 131 Å². The van der Waals surface area contributed by atoms with Crippen molar-refractivity contribution in [3.8, 4) is 0 Å². The third-order valence-corrected chi connectivity index (χ3v) is 2.62. The number of nitrogens with zero attached hydrogens (tertiary/aromatic N) is 2. The molecule has 0 aliphatic heterocycles. The van der Waals surface area contributed by atoms with Crippen molar-refractivity contribution in [2.45, 2.75) is 32.5 Å². The molecule has 0 atom stereocenters. The second kappa shape index (κ2) is 6.02. The van der Waals surface area contributed by atoms with E-state index in [0.29, 0.717) is 5.69 Å². The lowest BCUT2D eigenvalue weighted by Gasteiger charge is -2.21. The molecule has 4 nitrogen and oxygen atoms in total. The van der Waals surface area contributed by atoms with Crippen molar-refractivity contribution in [3.63, 3.8) is 0 Å². The molecule has 0 radical (unpaired) electrons. The first-order valence-electron chi connectivity index (χ1n) is 6.80. The van der Waals surface area contributed by atoms with Crippen molar-refractivity contribution in [1.82, 2.24) is 9.97 Å². The summed E-state index contributed by atoms with van der Waals surface area (Å²) >= 11 is 0. The molecular formula is C15H16F4N4. The van der Waals surface area contributed by atoms with Crippen molar-refractivity contribution < 1.29 is 17.6 Å². The van der Waals surface area contributed by atoms with Crippen LogP contribution in [0.4, 0.5) is 35.0 Å². The Balaban J connectivity index is 2.37. The lowest BCUT2D eigenvalue weighted by atomic mass is 10.1. The summed E-state index contributed by atoms with van der Waals surface area (Å²) < 4.78 is 51.8. The Morgan fingerprint density at radius 1 is 0.957 bits per heavy atom. The van der Waals surface area contributed by atoms with Crippen molar-refractivity contribution in [2.24, 2.45) is 0 Å². The van der Waals surface area contributed by atoms with E-state index in [4.69, 9.17) is 0 Å². The zero-order chi connectivity index (χ0) is 17.3. The first-order chi connectivity index (χ1) is 10.5. The van der Waals surface area contributed by atoms with E-state index in [-0.39, 0.29) is 11.8 Å². The van der Waals surface area contributed by atoms with Crippen LogP contribution in [0, 0.1) is 5.82 Å². The van der Waals surface area contributed by atoms with Gasteiger partial charge in [-0.1, -0.05) is 0 Å². The quantitative estimate of drug-likeness (QED) is 0.809. The zero-order valence-electron chi connectivity index (χ0n) is 12.8. The molecule has 0 unspecified atom stereocenters. The summed E-state index contributed by atoms with van der Waals surface area (Å²) in [6.45, 7) is 5.34. The molecule has 2 aromatic rings. The number of hydrogen-bond acceptors (Lipinski definition) is 4. The monoisotopic (exact) mass is 328 g/mol. The fourth-order valence-electron chi connectivity index (χ4n) is 1.73. The second-order valence-corrected chi connectivity index (χ2v) is 5.97. The highest BCUT2D eigenvalue weighted by atomic mass is 19.4. The normalized spacial score (nSPS) is 12.1. The molecule has 0 aliphatic carbocycles. The van der Waals surface area contributed by atoms with Crippen LogP contribution in [0.25, 0.3) is 0 Å². The van der Waals surface area contributed by atoms with Gasteiger partial charge in [-0.2, -0.15) is 18.2 Å². The number of benzene rings is 1. The molecule has 0 bridgehead atoms. The van der Waals surface area contributed by atoms with Gasteiger partial charge >= 0.3 is 6.18 Å². The fourth-order valence-corrected chi connectivity index (χ4v) is 1.73. The molecule has 23 heavy (non-hydrogen) atoms. The number of nitrogens with one attached hydrogen (secondary N) is 2. The molecule has 1 aromatic heterocycles. The van der Waals surface area contributed by atoms with Crippen molar-refractivity contribution in [2.75, 3.05) is 10.6 Å². The molecule has 0 saturated carbocycles. The predicted octanol–water partition coefficient (Wildman–Crippen LogP) is 4.59. The molecule has 8 heteroatoms. The maximum absolute atomic E-state index is 13.0. The number of anilines is 3. The van der Waals surface area contributed by atoms with Gasteiger partial charge in [-0.25, -0.2) is 9.37 Å². The Morgan fingerprint density at radius 3 is 2.09 bits per heavy atom. The van der Waals surface area contributed by atoms with Crippen LogP contribution in [0.1, 0.15) is 26.5 Å². The highest BCUT2D eigenvalue weighted by Crippen LogP contribution is 2.30. The van der Waals surface area contributed by atoms with Gasteiger partial charge in [0, 0.05) is 17.3 Å². The van der Waals surface area contributed by atoms with Crippen LogP contribution in [-0.4, -0.2) is 15.5 Å². The molecular weight excluding hydrogens is 312 g/mol. The molecule has 1 heterocycles. The number of aromatic nitrogens is 2. The number of alkyl halides is 3. The minimum Gasteiger partial charge on any atom is -0.350 e. The summed E-state index contributed by atoms with van der Waals surface area (Å²) in [5.74, 6) is -0.619. The summed E-state index contributed by atoms with van der Waals surface area (Å²) in [6.07, 6.45) is -4.60. The van der Waals surface area contributed by atoms with Crippen LogP contribution in [0.3, 0.4) is 0 Å². The standard InChI is InChI=1S/C15H16F4N4/c1-14(2,3)23-13-21-11(15(17,18)19)8-12(22-13)20-10-6-4-9(16)5-7-10/h4-8H,1-3H3,(H2,20,21,22,23). The molecule has 0 fully saturated rings. The van der Waals surface area contributed by atoms with Crippen molar-refractivity contribution in [3.05, 3.63) is 41.8 Å². The summed E-state index contributed by atoms with van der Waals surface area (Å²) in [5.41, 5.74) is -1.15. The van der Waals surface area contributed by atoms with Crippen LogP contribution in [0.2, 0.25) is 0 Å². The largest absolute Gasteiger partial charge is 0.433 e. The molecule has 0 saturated heterocycles. The van der Waals surface area contributed by atoms with Crippen LogP contribution >= 0.6 is 0 Å². The Morgan fingerprint density at radius 2 is 1.57 bits per heavy atom. The third-order valence-electron chi connectivity index (χ3n) is 2.62. The first kappa shape index (κ1) is 17.0. The second-order valence-electron chi connectivity index (χ2n) is 5.97. The van der Waals surface area contributed by atoms with E-state index in [2.05, 4.69) is 20.6 Å². The molecule has 2 rings (SSSR count). The molecule has 0 amide bonds. The van der Waals surface area contributed by atoms with Crippen LogP contribution in [0.15, 0.2) is 30.3 Å². The van der Waals surface area contributed by atoms with Gasteiger partial charge in [-0.3, -0.25) is 0 Å². The number of halogens is 4.